The molecule has 22 aliphatic rings. The van der Waals surface area contributed by atoms with E-state index in [1.54, 1.807) is 0 Å². The highest BCUT2D eigenvalue weighted by molar-refractivity contribution is 5.45. The second-order valence-corrected chi connectivity index (χ2v) is 17.0. The maximum Gasteiger partial charge on any atom is 0.195 e. The SMILES string of the molecule is C[C]=O.OC[C@H]1O[C@@H]2O[C@H]3[C@H](O)[C@@H](O)[C@@H](O[C@H]4[C@H](O)[C@@H](O)[C@@H](O[C@H]5[C@H](O)[C@@H](O)[C@@H](O[C@H]6[C@H](O)[C@@H](O)[C@@H](O[C@H]7[C@H](O)[C@@H](O)[C@@H](O[C@H]1[C@H](O)[C@H]2O)O[C@@H]7CO)O[C@@H]6CO)O[C@@H]5CO)O[C@@H]4CO)O[C@@H]3CO. The van der Waals surface area contributed by atoms with E-state index < -0.39 is 224 Å². The lowest BCUT2D eigenvalue weighted by Gasteiger charge is -2.50. The molecule has 0 aliphatic carbocycles. The molecule has 22 heterocycles. The molecule has 0 amide bonds. The molecule has 22 rings (SSSR count). The van der Waals surface area contributed by atoms with Gasteiger partial charge in [0.05, 0.1) is 39.6 Å². The minimum atomic E-state index is -2.15. The van der Waals surface area contributed by atoms with Crippen molar-refractivity contribution < 1.29 is 154 Å². The zero-order chi connectivity index (χ0) is 50.8. The van der Waals surface area contributed by atoms with Crippen LogP contribution in [0.3, 0.4) is 0 Å². The van der Waals surface area contributed by atoms with E-state index in [2.05, 4.69) is 0 Å². The minimum Gasteiger partial charge on any atom is -0.394 e. The van der Waals surface area contributed by atoms with Crippen molar-refractivity contribution in [1.82, 2.24) is 0 Å². The first kappa shape index (κ1) is 56.8. The monoisotopic (exact) mass is 1020 g/mol. The number of ether oxygens (including phenoxy) is 12. The molecule has 18 N–H and O–H groups in total. The summed E-state index contributed by atoms with van der Waals surface area (Å²) in [7, 11) is 0. The van der Waals surface area contributed by atoms with Crippen molar-refractivity contribution in [2.75, 3.05) is 39.6 Å². The van der Waals surface area contributed by atoms with Gasteiger partial charge in [-0.05, 0) is 0 Å². The van der Waals surface area contributed by atoms with Gasteiger partial charge in [-0.1, -0.05) is 0 Å². The molecule has 0 aromatic heterocycles. The largest absolute Gasteiger partial charge is 0.394 e. The number of hydrogen-bond acceptors (Lipinski definition) is 31. The van der Waals surface area contributed by atoms with Gasteiger partial charge in [-0.15, -0.1) is 0 Å². The zero-order valence-electron chi connectivity index (χ0n) is 36.4. The predicted molar refractivity (Wildman–Crippen MR) is 207 cm³/mol. The van der Waals surface area contributed by atoms with E-state index in [-0.39, 0.29) is 0 Å². The van der Waals surface area contributed by atoms with Crippen LogP contribution in [0.25, 0.3) is 0 Å². The third kappa shape index (κ3) is 11.6. The normalized spacial score (nSPS) is 53.1. The van der Waals surface area contributed by atoms with Gasteiger partial charge >= 0.3 is 0 Å². The molecular weight excluding hydrogens is 952 g/mol. The van der Waals surface area contributed by atoms with Gasteiger partial charge in [0.25, 0.3) is 0 Å². The Hall–Kier alpha value is -1.53. The number of carbonyl (C=O) groups excluding carboxylic acids is 1. The number of hydrogen-bond donors (Lipinski definition) is 18. The van der Waals surface area contributed by atoms with Crippen LogP contribution in [0.4, 0.5) is 0 Å². The molecule has 1 radical (unpaired) electrons. The maximum atomic E-state index is 11.2. The van der Waals surface area contributed by atoms with Crippen LogP contribution >= 0.6 is 0 Å². The summed E-state index contributed by atoms with van der Waals surface area (Å²) in [6, 6.07) is 0. The van der Waals surface area contributed by atoms with Crippen LogP contribution in [-0.2, 0) is 61.6 Å². The van der Waals surface area contributed by atoms with Crippen molar-refractivity contribution >= 4 is 6.29 Å². The van der Waals surface area contributed by atoms with Gasteiger partial charge in [0.15, 0.2) is 44.0 Å². The molecule has 22 saturated heterocycles. The van der Waals surface area contributed by atoms with Gasteiger partial charge in [0, 0.05) is 6.92 Å². The van der Waals surface area contributed by atoms with Gasteiger partial charge in [0.1, 0.15) is 146 Å². The fraction of sp³-hybridized carbons (Fsp3) is 0.974. The van der Waals surface area contributed by atoms with E-state index in [0.717, 1.165) is 0 Å². The van der Waals surface area contributed by atoms with E-state index in [1.807, 2.05) is 0 Å². The highest BCUT2D eigenvalue weighted by Crippen LogP contribution is 2.38. The van der Waals surface area contributed by atoms with Gasteiger partial charge in [0.2, 0.25) is 0 Å². The first-order chi connectivity index (χ1) is 32.8. The average molecular weight is 1020 g/mol. The Bertz CT molecular complexity index is 1280. The Kier molecular flexibility index (Phi) is 20.3. The van der Waals surface area contributed by atoms with E-state index in [9.17, 15) is 91.9 Å². The summed E-state index contributed by atoms with van der Waals surface area (Å²) in [5.74, 6) is 0. The number of aliphatic hydroxyl groups excluding tert-OH is 18. The van der Waals surface area contributed by atoms with Crippen LogP contribution < -0.4 is 0 Å². The molecule has 0 aromatic carbocycles. The lowest BCUT2D eigenvalue weighted by molar-refractivity contribution is -0.404. The topological polar surface area (TPSA) is 492 Å². The highest BCUT2D eigenvalue weighted by atomic mass is 16.8. The Labute approximate surface area is 390 Å². The zero-order valence-corrected chi connectivity index (χ0v) is 36.4. The van der Waals surface area contributed by atoms with Crippen LogP contribution in [0.2, 0.25) is 0 Å². The van der Waals surface area contributed by atoms with Crippen molar-refractivity contribution in [3.05, 3.63) is 0 Å². The van der Waals surface area contributed by atoms with Crippen LogP contribution in [0.1, 0.15) is 6.92 Å². The van der Waals surface area contributed by atoms with Crippen LogP contribution in [0.15, 0.2) is 0 Å². The van der Waals surface area contributed by atoms with E-state index in [0.29, 0.717) is 0 Å². The Balaban J connectivity index is 0.00000254. The molecule has 401 valence electrons. The number of aliphatic hydroxyl groups is 18. The van der Waals surface area contributed by atoms with Crippen LogP contribution in [0, 0.1) is 0 Å². The Morgan fingerprint density at radius 1 is 0.261 bits per heavy atom. The van der Waals surface area contributed by atoms with Crippen molar-refractivity contribution in [2.24, 2.45) is 0 Å². The minimum absolute atomic E-state index is 0.999. The molecule has 12 bridgehead atoms. The van der Waals surface area contributed by atoms with Crippen molar-refractivity contribution in [1.29, 1.82) is 0 Å². The van der Waals surface area contributed by atoms with Gasteiger partial charge in [-0.3, -0.25) is 4.79 Å². The summed E-state index contributed by atoms with van der Waals surface area (Å²) < 4.78 is 67.9. The van der Waals surface area contributed by atoms with Gasteiger partial charge in [-0.25, -0.2) is 0 Å². The summed E-state index contributed by atoms with van der Waals surface area (Å²) in [5, 5.41) is 196. The summed E-state index contributed by atoms with van der Waals surface area (Å²) in [6.45, 7) is -4.67. The van der Waals surface area contributed by atoms with Crippen molar-refractivity contribution in [3.8, 4) is 0 Å². The molecule has 31 nitrogen and oxygen atoms in total. The Morgan fingerprint density at radius 3 is 0.478 bits per heavy atom. The highest BCUT2D eigenvalue weighted by Gasteiger charge is 2.58. The summed E-state index contributed by atoms with van der Waals surface area (Å²) in [6.07, 6.45) is -57.0. The van der Waals surface area contributed by atoms with Crippen LogP contribution in [-0.4, -0.2) is 322 Å². The third-order valence-electron chi connectivity index (χ3n) is 12.7. The van der Waals surface area contributed by atoms with E-state index in [4.69, 9.17) is 61.6 Å². The van der Waals surface area contributed by atoms with Gasteiger partial charge in [-0.2, -0.15) is 0 Å². The van der Waals surface area contributed by atoms with Crippen molar-refractivity contribution in [2.45, 2.75) is 191 Å². The lowest BCUT2D eigenvalue weighted by Crippen LogP contribution is -2.69. The fourth-order valence-corrected chi connectivity index (χ4v) is 8.93. The third-order valence-corrected chi connectivity index (χ3v) is 12.7. The molecule has 69 heavy (non-hydrogen) atoms. The quantitative estimate of drug-likeness (QED) is 0.117. The maximum absolute atomic E-state index is 11.2. The summed E-state index contributed by atoms with van der Waals surface area (Å²) in [4.78, 5) is 8.68. The Morgan fingerprint density at radius 2 is 0.377 bits per heavy atom. The molecule has 0 aromatic rings. The molecule has 0 spiro atoms. The molecule has 0 unspecified atom stereocenters. The second kappa shape index (κ2) is 24.7. The molecule has 22 fully saturated rings. The standard InChI is InChI=1S/C36H60O30.C2H3O/c37-1-7-25-13(43)19(49)31(55-7)62-26-8(2-38)57-33(21(51)15(26)45)64-28-10(4-40)59-35(23(53)17(28)47)66-30-12(6-42)60-36(24(54)18(30)48)65-29-11(5-41)58-34(22(52)16(29)46)63-27-9(3-39)56-32(61-25)20(50)14(27)44;1-2-3/h7-54H,1-6H2;1H3/t7-,8-,9-,10-,11-,12-,13-,14-,15-,16-,17-,18-,19-,20-,21-,22-,23-,24-,25-,26-,27-,28-,29-,30-,31-,32-,33-,34-,35-,36-;/m1./s1. The fourth-order valence-electron chi connectivity index (χ4n) is 8.93. The van der Waals surface area contributed by atoms with Crippen LogP contribution in [0.5, 0.6) is 0 Å². The second-order valence-electron chi connectivity index (χ2n) is 17.0. The predicted octanol–water partition coefficient (Wildman–Crippen LogP) is -12.9. The molecular formula is C38H63O31. The van der Waals surface area contributed by atoms with Crippen molar-refractivity contribution in [3.63, 3.8) is 0 Å². The van der Waals surface area contributed by atoms with E-state index >= 15 is 0 Å². The molecule has 30 atom stereocenters. The average Bonchev–Trinajstić information content (AvgIpc) is 3.34. The van der Waals surface area contributed by atoms with E-state index in [1.165, 1.54) is 13.2 Å². The first-order valence-corrected chi connectivity index (χ1v) is 21.8. The lowest BCUT2D eigenvalue weighted by atomic mass is 9.94. The molecule has 22 aliphatic heterocycles. The number of rotatable bonds is 6. The smallest absolute Gasteiger partial charge is 0.195 e. The summed E-state index contributed by atoms with van der Waals surface area (Å²) >= 11 is 0. The molecule has 31 heteroatoms. The molecule has 0 saturated carbocycles. The summed E-state index contributed by atoms with van der Waals surface area (Å²) in [5.41, 5.74) is 0. The van der Waals surface area contributed by atoms with Gasteiger partial charge < -0.3 is 149 Å². The first-order valence-electron chi connectivity index (χ1n) is 21.8.